The van der Waals surface area contributed by atoms with Crippen molar-refractivity contribution in [2.24, 2.45) is 0 Å². The zero-order chi connectivity index (χ0) is 17.8. The van der Waals surface area contributed by atoms with Gasteiger partial charge in [-0.25, -0.2) is 0 Å². The van der Waals surface area contributed by atoms with Crippen LogP contribution in [0.25, 0.3) is 0 Å². The molecule has 3 rings (SSSR count). The lowest BCUT2D eigenvalue weighted by molar-refractivity contribution is -0.129. The number of likely N-dealkylation sites (tertiary alicyclic amines) is 1. The van der Waals surface area contributed by atoms with Gasteiger partial charge in [-0.2, -0.15) is 0 Å². The van der Waals surface area contributed by atoms with Gasteiger partial charge in [-0.15, -0.1) is 0 Å². The van der Waals surface area contributed by atoms with Crippen molar-refractivity contribution < 1.29 is 14.1 Å². The summed E-state index contributed by atoms with van der Waals surface area (Å²) in [6.07, 6.45) is 8.66. The van der Waals surface area contributed by atoms with Gasteiger partial charge >= 0.3 is 0 Å². The smallest absolute Gasteiger partial charge is 0.225 e. The van der Waals surface area contributed by atoms with Crippen LogP contribution >= 0.6 is 0 Å². The second-order valence-electron chi connectivity index (χ2n) is 7.46. The van der Waals surface area contributed by atoms with E-state index in [0.29, 0.717) is 31.8 Å². The lowest BCUT2D eigenvalue weighted by Gasteiger charge is -2.27. The molecule has 1 aliphatic carbocycles. The molecule has 0 radical (unpaired) electrons. The van der Waals surface area contributed by atoms with Crippen molar-refractivity contribution in [3.63, 3.8) is 0 Å². The molecule has 1 aliphatic heterocycles. The standard InChI is InChI=1S/C19H29N3O3/c1-13-17(14(2)25-21-13)9-10-18(23)20-15-11-19(24)22(12-15)16-7-5-3-4-6-8-16/h15-16H,3-12H2,1-2H3,(H,20,23). The van der Waals surface area contributed by atoms with Gasteiger partial charge in [0.15, 0.2) is 0 Å². The molecule has 6 heteroatoms. The zero-order valence-corrected chi connectivity index (χ0v) is 15.3. The molecular weight excluding hydrogens is 318 g/mol. The molecule has 1 unspecified atom stereocenters. The predicted molar refractivity (Wildman–Crippen MR) is 94.0 cm³/mol. The number of hydrogen-bond acceptors (Lipinski definition) is 4. The minimum absolute atomic E-state index is 0.000478. The van der Waals surface area contributed by atoms with Gasteiger partial charge < -0.3 is 14.7 Å². The van der Waals surface area contributed by atoms with Crippen molar-refractivity contribution in [3.8, 4) is 0 Å². The number of amides is 2. The molecule has 1 aromatic rings. The lowest BCUT2D eigenvalue weighted by atomic mass is 10.1. The van der Waals surface area contributed by atoms with Gasteiger partial charge in [-0.05, 0) is 33.1 Å². The lowest BCUT2D eigenvalue weighted by Crippen LogP contribution is -2.40. The summed E-state index contributed by atoms with van der Waals surface area (Å²) in [5, 5.41) is 6.96. The van der Waals surface area contributed by atoms with Crippen molar-refractivity contribution in [1.29, 1.82) is 0 Å². The Labute approximate surface area is 149 Å². The number of aromatic nitrogens is 1. The SMILES string of the molecule is Cc1noc(C)c1CCC(=O)NC1CC(=O)N(C2CCCCCC2)C1. The number of nitrogens with zero attached hydrogens (tertiary/aromatic N) is 2. The second-order valence-corrected chi connectivity index (χ2v) is 7.46. The van der Waals surface area contributed by atoms with Gasteiger partial charge in [0.2, 0.25) is 11.8 Å². The maximum atomic E-state index is 12.4. The highest BCUT2D eigenvalue weighted by Gasteiger charge is 2.35. The molecule has 25 heavy (non-hydrogen) atoms. The van der Waals surface area contributed by atoms with Crippen molar-refractivity contribution in [3.05, 3.63) is 17.0 Å². The molecule has 0 bridgehead atoms. The number of carbonyl (C=O) groups is 2. The highest BCUT2D eigenvalue weighted by atomic mass is 16.5. The predicted octanol–water partition coefficient (Wildman–Crippen LogP) is 2.66. The van der Waals surface area contributed by atoms with E-state index in [1.54, 1.807) is 0 Å². The van der Waals surface area contributed by atoms with E-state index in [9.17, 15) is 9.59 Å². The fourth-order valence-corrected chi connectivity index (χ4v) is 4.15. The molecule has 1 aromatic heterocycles. The van der Waals surface area contributed by atoms with Gasteiger partial charge in [0.05, 0.1) is 11.7 Å². The molecule has 1 saturated heterocycles. The van der Waals surface area contributed by atoms with Crippen LogP contribution in [0.1, 0.15) is 68.4 Å². The molecular formula is C19H29N3O3. The quantitative estimate of drug-likeness (QED) is 0.831. The van der Waals surface area contributed by atoms with Crippen LogP contribution in [0.5, 0.6) is 0 Å². The van der Waals surface area contributed by atoms with Gasteiger partial charge in [-0.1, -0.05) is 30.8 Å². The Morgan fingerprint density at radius 2 is 1.96 bits per heavy atom. The molecule has 1 N–H and O–H groups in total. The van der Waals surface area contributed by atoms with Gasteiger partial charge in [0.25, 0.3) is 0 Å². The Morgan fingerprint density at radius 1 is 1.24 bits per heavy atom. The van der Waals surface area contributed by atoms with E-state index in [0.717, 1.165) is 29.9 Å². The van der Waals surface area contributed by atoms with E-state index in [2.05, 4.69) is 10.5 Å². The van der Waals surface area contributed by atoms with Gasteiger partial charge in [0.1, 0.15) is 5.76 Å². The molecule has 6 nitrogen and oxygen atoms in total. The summed E-state index contributed by atoms with van der Waals surface area (Å²) in [4.78, 5) is 26.7. The Balaban J connectivity index is 1.48. The van der Waals surface area contributed by atoms with Crippen LogP contribution in [0.2, 0.25) is 0 Å². The van der Waals surface area contributed by atoms with E-state index >= 15 is 0 Å². The van der Waals surface area contributed by atoms with E-state index in [-0.39, 0.29) is 17.9 Å². The molecule has 2 fully saturated rings. The maximum Gasteiger partial charge on any atom is 0.225 e. The molecule has 2 amide bonds. The highest BCUT2D eigenvalue weighted by molar-refractivity contribution is 5.82. The van der Waals surface area contributed by atoms with Crippen molar-refractivity contribution in [2.45, 2.75) is 83.7 Å². The van der Waals surface area contributed by atoms with E-state index in [4.69, 9.17) is 4.52 Å². The van der Waals surface area contributed by atoms with Crippen LogP contribution in [-0.2, 0) is 16.0 Å². The van der Waals surface area contributed by atoms with Crippen LogP contribution < -0.4 is 5.32 Å². The topological polar surface area (TPSA) is 75.4 Å². The highest BCUT2D eigenvalue weighted by Crippen LogP contribution is 2.26. The van der Waals surface area contributed by atoms with E-state index in [1.807, 2.05) is 18.7 Å². The maximum absolute atomic E-state index is 12.4. The van der Waals surface area contributed by atoms with Crippen LogP contribution in [0.3, 0.4) is 0 Å². The number of carbonyl (C=O) groups excluding carboxylic acids is 2. The average Bonchev–Trinajstić information content (AvgIpc) is 2.95. The zero-order valence-electron chi connectivity index (χ0n) is 15.3. The molecule has 2 heterocycles. The van der Waals surface area contributed by atoms with Gasteiger partial charge in [-0.3, -0.25) is 9.59 Å². The summed E-state index contributed by atoms with van der Waals surface area (Å²) in [5.41, 5.74) is 1.86. The van der Waals surface area contributed by atoms with E-state index < -0.39 is 0 Å². The first-order valence-electron chi connectivity index (χ1n) is 9.55. The van der Waals surface area contributed by atoms with Crippen molar-refractivity contribution in [2.75, 3.05) is 6.54 Å². The van der Waals surface area contributed by atoms with Gasteiger partial charge in [0, 0.05) is 31.0 Å². The average molecular weight is 347 g/mol. The Bertz CT molecular complexity index is 598. The molecule has 1 saturated carbocycles. The summed E-state index contributed by atoms with van der Waals surface area (Å²) in [6, 6.07) is 0.326. The monoisotopic (exact) mass is 347 g/mol. The summed E-state index contributed by atoms with van der Waals surface area (Å²) >= 11 is 0. The van der Waals surface area contributed by atoms with Crippen LogP contribution in [0, 0.1) is 13.8 Å². The van der Waals surface area contributed by atoms with Crippen LogP contribution in [-0.4, -0.2) is 40.5 Å². The van der Waals surface area contributed by atoms with Crippen LogP contribution in [0.4, 0.5) is 0 Å². The summed E-state index contributed by atoms with van der Waals surface area (Å²) < 4.78 is 5.13. The number of aryl methyl sites for hydroxylation is 2. The summed E-state index contributed by atoms with van der Waals surface area (Å²) in [5.74, 6) is 0.976. The Morgan fingerprint density at radius 3 is 2.60 bits per heavy atom. The summed E-state index contributed by atoms with van der Waals surface area (Å²) in [7, 11) is 0. The van der Waals surface area contributed by atoms with Crippen LogP contribution in [0.15, 0.2) is 4.52 Å². The minimum atomic E-state index is -0.0482. The molecule has 0 spiro atoms. The molecule has 0 aromatic carbocycles. The first kappa shape index (κ1) is 18.0. The molecule has 138 valence electrons. The summed E-state index contributed by atoms with van der Waals surface area (Å²) in [6.45, 7) is 4.43. The Hall–Kier alpha value is -1.85. The number of nitrogens with one attached hydrogen (secondary N) is 1. The third-order valence-corrected chi connectivity index (χ3v) is 5.57. The second kappa shape index (κ2) is 8.02. The first-order chi connectivity index (χ1) is 12.0. The Kier molecular flexibility index (Phi) is 5.76. The fraction of sp³-hybridized carbons (Fsp3) is 0.737. The number of hydrogen-bond donors (Lipinski definition) is 1. The first-order valence-corrected chi connectivity index (χ1v) is 9.55. The molecule has 2 aliphatic rings. The molecule has 1 atom stereocenters. The van der Waals surface area contributed by atoms with Crippen molar-refractivity contribution in [1.82, 2.24) is 15.4 Å². The largest absolute Gasteiger partial charge is 0.361 e. The third kappa shape index (κ3) is 4.41. The fourth-order valence-electron chi connectivity index (χ4n) is 4.15. The third-order valence-electron chi connectivity index (χ3n) is 5.57. The van der Waals surface area contributed by atoms with Crippen molar-refractivity contribution >= 4 is 11.8 Å². The normalized spacial score (nSPS) is 22.2. The number of rotatable bonds is 5. The van der Waals surface area contributed by atoms with E-state index in [1.165, 1.54) is 25.7 Å². The minimum Gasteiger partial charge on any atom is -0.361 e.